The Morgan fingerprint density at radius 3 is 2.95 bits per heavy atom. The van der Waals surface area contributed by atoms with E-state index in [0.717, 1.165) is 0 Å². The van der Waals surface area contributed by atoms with Crippen molar-refractivity contribution in [2.75, 3.05) is 14.1 Å². The van der Waals surface area contributed by atoms with Crippen molar-refractivity contribution in [2.45, 2.75) is 38.2 Å². The number of aliphatic imine (C=N–C) groups is 1. The summed E-state index contributed by atoms with van der Waals surface area (Å²) in [7, 11) is 3.62. The fourth-order valence-electron chi connectivity index (χ4n) is 2.02. The third kappa shape index (κ3) is 3.20. The molecule has 8 nitrogen and oxygen atoms in total. The fourth-order valence-corrected chi connectivity index (χ4v) is 2.02. The van der Waals surface area contributed by atoms with Crippen molar-refractivity contribution in [1.29, 1.82) is 0 Å². The van der Waals surface area contributed by atoms with E-state index in [4.69, 9.17) is 4.74 Å². The van der Waals surface area contributed by atoms with Gasteiger partial charge in [0.1, 0.15) is 12.6 Å². The predicted octanol–water partition coefficient (Wildman–Crippen LogP) is -0.0819. The van der Waals surface area contributed by atoms with Gasteiger partial charge in [0.15, 0.2) is 0 Å². The van der Waals surface area contributed by atoms with Crippen LogP contribution in [0.25, 0.3) is 0 Å². The molecule has 1 aromatic heterocycles. The lowest BCUT2D eigenvalue weighted by Gasteiger charge is -2.13. The zero-order valence-corrected chi connectivity index (χ0v) is 11.8. The summed E-state index contributed by atoms with van der Waals surface area (Å²) in [5.74, 6) is 0.102. The van der Waals surface area contributed by atoms with E-state index >= 15 is 0 Å². The Hall–Kier alpha value is -1.80. The summed E-state index contributed by atoms with van der Waals surface area (Å²) >= 11 is 0. The van der Waals surface area contributed by atoms with E-state index < -0.39 is 18.0 Å². The number of hydrogen-bond donors (Lipinski definition) is 1. The van der Waals surface area contributed by atoms with Gasteiger partial charge < -0.3 is 14.7 Å². The van der Waals surface area contributed by atoms with Crippen LogP contribution in [0.1, 0.15) is 26.0 Å². The van der Waals surface area contributed by atoms with Crippen molar-refractivity contribution < 1.29 is 9.84 Å². The summed E-state index contributed by atoms with van der Waals surface area (Å²) in [5, 5.41) is 9.80. The molecule has 1 aromatic rings. The second kappa shape index (κ2) is 6.10. The van der Waals surface area contributed by atoms with Crippen LogP contribution in [0.5, 0.6) is 0 Å². The molecule has 2 heterocycles. The Kier molecular flexibility index (Phi) is 4.46. The summed E-state index contributed by atoms with van der Waals surface area (Å²) < 4.78 is 6.90. The number of aliphatic hydroxyl groups is 1. The van der Waals surface area contributed by atoms with Crippen molar-refractivity contribution in [1.82, 2.24) is 19.4 Å². The molecule has 20 heavy (non-hydrogen) atoms. The average Bonchev–Trinajstić information content (AvgIpc) is 2.77. The molecular weight excluding hydrogens is 262 g/mol. The van der Waals surface area contributed by atoms with Gasteiger partial charge in [-0.2, -0.15) is 4.98 Å². The topological polar surface area (TPSA) is 92.8 Å². The van der Waals surface area contributed by atoms with Crippen molar-refractivity contribution in [3.63, 3.8) is 0 Å². The lowest BCUT2D eigenvalue weighted by atomic mass is 10.1. The minimum Gasteiger partial charge on any atom is -0.390 e. The lowest BCUT2D eigenvalue weighted by Crippen LogP contribution is -2.27. The van der Waals surface area contributed by atoms with Crippen molar-refractivity contribution in [2.24, 2.45) is 4.99 Å². The molecule has 1 fully saturated rings. The molecule has 3 unspecified atom stereocenters. The minimum atomic E-state index is -0.566. The van der Waals surface area contributed by atoms with Gasteiger partial charge >= 0.3 is 5.69 Å². The monoisotopic (exact) mass is 281 g/mol. The van der Waals surface area contributed by atoms with E-state index in [0.29, 0.717) is 12.8 Å². The first-order valence-corrected chi connectivity index (χ1v) is 6.50. The molecule has 0 amide bonds. The third-order valence-electron chi connectivity index (χ3n) is 3.04. The van der Waals surface area contributed by atoms with E-state index in [1.165, 1.54) is 17.2 Å². The molecule has 0 radical (unpaired) electrons. The summed E-state index contributed by atoms with van der Waals surface area (Å²) in [6.07, 6.45) is 2.59. The molecular formula is C12H19N5O3. The Morgan fingerprint density at radius 2 is 2.40 bits per heavy atom. The molecule has 1 aliphatic heterocycles. The van der Waals surface area contributed by atoms with Gasteiger partial charge in [-0.15, -0.1) is 0 Å². The van der Waals surface area contributed by atoms with Crippen molar-refractivity contribution in [3.8, 4) is 0 Å². The molecule has 1 aliphatic rings. The molecule has 0 aliphatic carbocycles. The van der Waals surface area contributed by atoms with Crippen LogP contribution in [-0.2, 0) is 4.74 Å². The van der Waals surface area contributed by atoms with Gasteiger partial charge in [-0.3, -0.25) is 4.57 Å². The van der Waals surface area contributed by atoms with Gasteiger partial charge in [-0.1, -0.05) is 6.92 Å². The average molecular weight is 281 g/mol. The first kappa shape index (κ1) is 14.6. The Labute approximate surface area is 116 Å². The number of ether oxygens (including phenoxy) is 1. The zero-order chi connectivity index (χ0) is 14.7. The van der Waals surface area contributed by atoms with E-state index in [1.54, 1.807) is 4.90 Å². The van der Waals surface area contributed by atoms with Crippen molar-refractivity contribution >= 4 is 12.3 Å². The lowest BCUT2D eigenvalue weighted by molar-refractivity contribution is -0.0221. The predicted molar refractivity (Wildman–Crippen MR) is 73.0 cm³/mol. The maximum atomic E-state index is 11.9. The van der Waals surface area contributed by atoms with Gasteiger partial charge in [0.25, 0.3) is 5.95 Å². The molecule has 0 saturated carbocycles. The number of aliphatic hydroxyl groups excluding tert-OH is 1. The molecule has 0 spiro atoms. The molecule has 0 bridgehead atoms. The van der Waals surface area contributed by atoms with E-state index in [1.807, 2.05) is 21.0 Å². The fraction of sp³-hybridized carbons (Fsp3) is 0.667. The standard InChI is InChI=1S/C12H19N5O3/c1-4-9-8(18)5-10(20-9)17-7-14-11(15-12(17)19)13-6-16(2)3/h6-10,18H,4-5H2,1-3H3. The van der Waals surface area contributed by atoms with Crippen molar-refractivity contribution in [3.05, 3.63) is 16.8 Å². The largest absolute Gasteiger partial charge is 0.390 e. The van der Waals surface area contributed by atoms with Gasteiger partial charge in [0, 0.05) is 20.5 Å². The Balaban J connectivity index is 2.17. The normalized spacial score (nSPS) is 26.3. The highest BCUT2D eigenvalue weighted by atomic mass is 16.5. The highest BCUT2D eigenvalue weighted by Crippen LogP contribution is 2.28. The highest BCUT2D eigenvalue weighted by Gasteiger charge is 2.34. The second-order valence-corrected chi connectivity index (χ2v) is 4.89. The molecule has 1 N–H and O–H groups in total. The molecule has 3 atom stereocenters. The number of rotatable bonds is 4. The van der Waals surface area contributed by atoms with Crippen LogP contribution < -0.4 is 5.69 Å². The summed E-state index contributed by atoms with van der Waals surface area (Å²) in [6.45, 7) is 1.93. The van der Waals surface area contributed by atoms with Gasteiger partial charge in [0.05, 0.1) is 18.5 Å². The van der Waals surface area contributed by atoms with Crippen LogP contribution in [0.2, 0.25) is 0 Å². The maximum absolute atomic E-state index is 11.9. The van der Waals surface area contributed by atoms with E-state index in [2.05, 4.69) is 15.0 Å². The molecule has 0 aromatic carbocycles. The van der Waals surface area contributed by atoms with Crippen LogP contribution in [0.3, 0.4) is 0 Å². The van der Waals surface area contributed by atoms with Crippen LogP contribution in [0.15, 0.2) is 16.1 Å². The van der Waals surface area contributed by atoms with Gasteiger partial charge in [-0.25, -0.2) is 14.8 Å². The first-order valence-electron chi connectivity index (χ1n) is 6.50. The van der Waals surface area contributed by atoms with Gasteiger partial charge in [0.2, 0.25) is 0 Å². The minimum absolute atomic E-state index is 0.102. The maximum Gasteiger partial charge on any atom is 0.354 e. The number of nitrogens with zero attached hydrogens (tertiary/aromatic N) is 5. The molecule has 2 rings (SSSR count). The summed E-state index contributed by atoms with van der Waals surface area (Å²) in [4.78, 5) is 25.4. The Morgan fingerprint density at radius 1 is 1.65 bits per heavy atom. The van der Waals surface area contributed by atoms with Gasteiger partial charge in [-0.05, 0) is 6.42 Å². The molecule has 1 saturated heterocycles. The first-order chi connectivity index (χ1) is 9.51. The van der Waals surface area contributed by atoms with Crippen LogP contribution in [0, 0.1) is 0 Å². The Bertz CT molecular complexity index is 542. The summed E-state index contributed by atoms with van der Waals surface area (Å²) in [6, 6.07) is 0. The second-order valence-electron chi connectivity index (χ2n) is 4.89. The van der Waals surface area contributed by atoms with Crippen LogP contribution in [0.4, 0.5) is 5.95 Å². The number of hydrogen-bond acceptors (Lipinski definition) is 6. The van der Waals surface area contributed by atoms with Crippen LogP contribution in [-0.4, -0.2) is 57.2 Å². The van der Waals surface area contributed by atoms with E-state index in [-0.39, 0.29) is 12.1 Å². The smallest absolute Gasteiger partial charge is 0.354 e. The summed E-state index contributed by atoms with van der Waals surface area (Å²) in [5.41, 5.74) is -0.486. The molecule has 8 heteroatoms. The molecule has 110 valence electrons. The van der Waals surface area contributed by atoms with E-state index in [9.17, 15) is 9.90 Å². The number of aromatic nitrogens is 3. The SMILES string of the molecule is CCC1OC(n2cnc(N=CN(C)C)nc2=O)CC1O. The quantitative estimate of drug-likeness (QED) is 0.613. The van der Waals surface area contributed by atoms with Crippen LogP contribution >= 0.6 is 0 Å². The highest BCUT2D eigenvalue weighted by molar-refractivity contribution is 5.57. The third-order valence-corrected chi connectivity index (χ3v) is 3.04. The zero-order valence-electron chi connectivity index (χ0n) is 11.8.